The Bertz CT molecular complexity index is 1210. The molecule has 0 fully saturated rings. The van der Waals surface area contributed by atoms with Gasteiger partial charge in [0.25, 0.3) is 0 Å². The van der Waals surface area contributed by atoms with Gasteiger partial charge in [-0.25, -0.2) is 4.39 Å². The summed E-state index contributed by atoms with van der Waals surface area (Å²) in [5.41, 5.74) is 5.84. The van der Waals surface area contributed by atoms with Crippen molar-refractivity contribution in [3.8, 4) is 0 Å². The number of aromatic nitrogens is 1. The van der Waals surface area contributed by atoms with E-state index in [1.165, 1.54) is 17.7 Å². The van der Waals surface area contributed by atoms with Crippen LogP contribution in [-0.4, -0.2) is 10.7 Å². The van der Waals surface area contributed by atoms with Crippen molar-refractivity contribution in [3.05, 3.63) is 113 Å². The highest BCUT2D eigenvalue weighted by atomic mass is 19.1. The summed E-state index contributed by atoms with van der Waals surface area (Å²) in [7, 11) is 0. The van der Waals surface area contributed by atoms with Gasteiger partial charge in [0.1, 0.15) is 5.82 Å². The summed E-state index contributed by atoms with van der Waals surface area (Å²) >= 11 is 0. The van der Waals surface area contributed by atoms with Gasteiger partial charge >= 0.3 is 0 Å². The maximum Gasteiger partial charge on any atom is 0.123 e. The maximum atomic E-state index is 13.5. The molecule has 1 aliphatic heterocycles. The highest BCUT2D eigenvalue weighted by Crippen LogP contribution is 2.37. The zero-order chi connectivity index (χ0) is 19.1. The van der Waals surface area contributed by atoms with Gasteiger partial charge in [0, 0.05) is 29.1 Å². The van der Waals surface area contributed by atoms with Crippen LogP contribution < -0.4 is 0 Å². The molecule has 2 heterocycles. The van der Waals surface area contributed by atoms with Crippen LogP contribution in [-0.2, 0) is 12.0 Å². The van der Waals surface area contributed by atoms with E-state index in [2.05, 4.69) is 42.2 Å². The lowest BCUT2D eigenvalue weighted by Gasteiger charge is -2.33. The van der Waals surface area contributed by atoms with Crippen LogP contribution in [0.4, 0.5) is 4.39 Å². The first-order valence-electron chi connectivity index (χ1n) is 9.42. The van der Waals surface area contributed by atoms with Crippen molar-refractivity contribution in [1.82, 2.24) is 4.98 Å². The minimum absolute atomic E-state index is 0.230. The van der Waals surface area contributed by atoms with Crippen LogP contribution in [0.1, 0.15) is 29.2 Å². The van der Waals surface area contributed by atoms with E-state index in [4.69, 9.17) is 4.99 Å². The minimum Gasteiger partial charge on any atom is -0.273 e. The van der Waals surface area contributed by atoms with E-state index in [0.717, 1.165) is 39.7 Å². The first-order valence-corrected chi connectivity index (χ1v) is 9.42. The second kappa shape index (κ2) is 6.38. The third-order valence-electron chi connectivity index (χ3n) is 5.50. The molecule has 0 amide bonds. The van der Waals surface area contributed by atoms with Crippen LogP contribution >= 0.6 is 0 Å². The van der Waals surface area contributed by atoms with Crippen LogP contribution in [0.15, 0.2) is 90.1 Å². The van der Waals surface area contributed by atoms with Crippen molar-refractivity contribution >= 4 is 16.6 Å². The van der Waals surface area contributed by atoms with E-state index in [1.54, 1.807) is 0 Å². The van der Waals surface area contributed by atoms with Gasteiger partial charge < -0.3 is 0 Å². The smallest absolute Gasteiger partial charge is 0.123 e. The van der Waals surface area contributed by atoms with Gasteiger partial charge in [0.05, 0.1) is 16.8 Å². The van der Waals surface area contributed by atoms with Crippen molar-refractivity contribution in [3.63, 3.8) is 0 Å². The van der Waals surface area contributed by atoms with Gasteiger partial charge in [-0.05, 0) is 42.3 Å². The molecule has 28 heavy (non-hydrogen) atoms. The molecule has 2 nitrogen and oxygen atoms in total. The zero-order valence-electron chi connectivity index (χ0n) is 15.6. The molecular weight excluding hydrogens is 347 g/mol. The topological polar surface area (TPSA) is 25.2 Å². The van der Waals surface area contributed by atoms with Crippen molar-refractivity contribution in [2.45, 2.75) is 18.9 Å². The molecule has 0 saturated heterocycles. The molecule has 1 aliphatic rings. The predicted octanol–water partition coefficient (Wildman–Crippen LogP) is 5.68. The summed E-state index contributed by atoms with van der Waals surface area (Å²) in [6.45, 7) is 2.12. The Balaban J connectivity index is 1.71. The quantitative estimate of drug-likeness (QED) is 0.448. The summed E-state index contributed by atoms with van der Waals surface area (Å²) in [6.07, 6.45) is 2.67. The number of pyridine rings is 1. The van der Waals surface area contributed by atoms with Gasteiger partial charge in [-0.1, -0.05) is 54.6 Å². The zero-order valence-corrected chi connectivity index (χ0v) is 15.6. The third kappa shape index (κ3) is 2.80. The van der Waals surface area contributed by atoms with Crippen molar-refractivity contribution in [1.29, 1.82) is 0 Å². The Morgan fingerprint density at radius 1 is 0.893 bits per heavy atom. The molecule has 1 aromatic heterocycles. The second-order valence-corrected chi connectivity index (χ2v) is 7.49. The molecule has 3 heteroatoms. The minimum atomic E-state index is -0.455. The molecule has 0 spiro atoms. The lowest BCUT2D eigenvalue weighted by Crippen LogP contribution is -2.30. The van der Waals surface area contributed by atoms with E-state index < -0.39 is 5.54 Å². The number of para-hydroxylation sites is 1. The number of hydrogen-bond acceptors (Lipinski definition) is 2. The van der Waals surface area contributed by atoms with Gasteiger partial charge in [0.2, 0.25) is 0 Å². The van der Waals surface area contributed by atoms with Gasteiger partial charge in [-0.2, -0.15) is 0 Å². The van der Waals surface area contributed by atoms with Crippen molar-refractivity contribution < 1.29 is 4.39 Å². The average molecular weight is 366 g/mol. The Morgan fingerprint density at radius 2 is 1.64 bits per heavy atom. The molecule has 0 bridgehead atoms. The first kappa shape index (κ1) is 16.8. The lowest BCUT2D eigenvalue weighted by molar-refractivity contribution is 0.487. The van der Waals surface area contributed by atoms with Crippen LogP contribution in [0.5, 0.6) is 0 Å². The Labute approximate surface area is 163 Å². The Morgan fingerprint density at radius 3 is 2.50 bits per heavy atom. The predicted molar refractivity (Wildman–Crippen MR) is 111 cm³/mol. The standard InChI is InChI=1S/C25H19FN2/c1-25(20-10-12-21(26)13-11-20)15-18-7-2-4-8-22(18)24(28-25)19-14-17-6-3-5-9-23(17)27-16-19/h2-14,16H,15H2,1H3. The number of fused-ring (bicyclic) bond motifs is 2. The van der Waals surface area contributed by atoms with Crippen LogP contribution in [0, 0.1) is 5.82 Å². The normalized spacial score (nSPS) is 18.6. The monoisotopic (exact) mass is 366 g/mol. The average Bonchev–Trinajstić information content (AvgIpc) is 2.73. The van der Waals surface area contributed by atoms with E-state index in [1.807, 2.05) is 42.6 Å². The molecule has 0 saturated carbocycles. The summed E-state index contributed by atoms with van der Waals surface area (Å²) in [5, 5.41) is 1.09. The summed E-state index contributed by atoms with van der Waals surface area (Å²) in [4.78, 5) is 9.82. The van der Waals surface area contributed by atoms with Gasteiger partial charge in [0.15, 0.2) is 0 Å². The molecule has 0 N–H and O–H groups in total. The van der Waals surface area contributed by atoms with E-state index in [-0.39, 0.29) is 5.82 Å². The number of aliphatic imine (C=N–C) groups is 1. The fraction of sp³-hybridized carbons (Fsp3) is 0.120. The molecule has 0 radical (unpaired) electrons. The fourth-order valence-corrected chi connectivity index (χ4v) is 4.02. The molecular formula is C25H19FN2. The Kier molecular flexibility index (Phi) is 3.83. The molecule has 5 rings (SSSR count). The Hall–Kier alpha value is -3.33. The number of rotatable bonds is 2. The SMILES string of the molecule is CC1(c2ccc(F)cc2)Cc2ccccc2C(c2cnc3ccccc3c2)=N1. The maximum absolute atomic E-state index is 13.5. The number of nitrogens with zero attached hydrogens (tertiary/aromatic N) is 2. The van der Waals surface area contributed by atoms with Crippen LogP contribution in [0.25, 0.3) is 10.9 Å². The molecule has 3 aromatic carbocycles. The molecule has 1 unspecified atom stereocenters. The third-order valence-corrected chi connectivity index (χ3v) is 5.50. The number of benzene rings is 3. The van der Waals surface area contributed by atoms with E-state index in [0.29, 0.717) is 0 Å². The largest absolute Gasteiger partial charge is 0.273 e. The summed E-state index contributed by atoms with van der Waals surface area (Å²) < 4.78 is 13.5. The highest BCUT2D eigenvalue weighted by molar-refractivity contribution is 6.15. The van der Waals surface area contributed by atoms with Crippen LogP contribution in [0.3, 0.4) is 0 Å². The molecule has 1 atom stereocenters. The van der Waals surface area contributed by atoms with Crippen molar-refractivity contribution in [2.75, 3.05) is 0 Å². The summed E-state index contributed by atoms with van der Waals surface area (Å²) in [5.74, 6) is -0.230. The molecule has 136 valence electrons. The molecule has 4 aromatic rings. The first-order chi connectivity index (χ1) is 13.6. The fourth-order valence-electron chi connectivity index (χ4n) is 4.02. The number of hydrogen-bond donors (Lipinski definition) is 0. The number of halogens is 1. The second-order valence-electron chi connectivity index (χ2n) is 7.49. The highest BCUT2D eigenvalue weighted by Gasteiger charge is 2.33. The van der Waals surface area contributed by atoms with Crippen LogP contribution in [0.2, 0.25) is 0 Å². The van der Waals surface area contributed by atoms with Gasteiger partial charge in [-0.15, -0.1) is 0 Å². The van der Waals surface area contributed by atoms with Gasteiger partial charge in [-0.3, -0.25) is 9.98 Å². The van der Waals surface area contributed by atoms with E-state index in [9.17, 15) is 4.39 Å². The lowest BCUT2D eigenvalue weighted by atomic mass is 9.80. The van der Waals surface area contributed by atoms with Crippen molar-refractivity contribution in [2.24, 2.45) is 4.99 Å². The van der Waals surface area contributed by atoms with E-state index >= 15 is 0 Å². The molecule has 0 aliphatic carbocycles. The summed E-state index contributed by atoms with van der Waals surface area (Å²) in [6, 6.07) is 25.3.